The Kier molecular flexibility index (Phi) is 6.45. The van der Waals surface area contributed by atoms with E-state index in [1.54, 1.807) is 25.7 Å². The highest BCUT2D eigenvalue weighted by Gasteiger charge is 2.36. The Morgan fingerprint density at radius 1 is 1.14 bits per heavy atom. The highest BCUT2D eigenvalue weighted by molar-refractivity contribution is 5.95. The summed E-state index contributed by atoms with van der Waals surface area (Å²) < 4.78 is 5.07. The summed E-state index contributed by atoms with van der Waals surface area (Å²) in [7, 11) is 0. The van der Waals surface area contributed by atoms with Gasteiger partial charge in [0.2, 0.25) is 5.91 Å². The number of piperidine rings is 1. The number of carbonyl (C=O) groups excluding carboxylic acids is 3. The minimum Gasteiger partial charge on any atom is -0.466 e. The molecule has 0 spiro atoms. The molecule has 1 aliphatic heterocycles. The van der Waals surface area contributed by atoms with E-state index in [4.69, 9.17) is 4.74 Å². The molecular formula is C22H31N3O4. The van der Waals surface area contributed by atoms with Gasteiger partial charge in [0.15, 0.2) is 0 Å². The minimum atomic E-state index is -1.04. The molecule has 0 unspecified atom stereocenters. The van der Waals surface area contributed by atoms with Gasteiger partial charge >= 0.3 is 12.0 Å². The number of likely N-dealkylation sites (tertiary alicyclic amines) is 1. The van der Waals surface area contributed by atoms with Crippen LogP contribution in [0, 0.1) is 5.92 Å². The molecule has 0 radical (unpaired) electrons. The molecule has 2 N–H and O–H groups in total. The van der Waals surface area contributed by atoms with Crippen LogP contribution < -0.4 is 10.6 Å². The fourth-order valence-corrected chi connectivity index (χ4v) is 4.12. The van der Waals surface area contributed by atoms with Crippen LogP contribution >= 0.6 is 0 Å². The number of nitrogens with one attached hydrogen (secondary N) is 2. The van der Waals surface area contributed by atoms with Crippen molar-refractivity contribution in [3.8, 4) is 0 Å². The van der Waals surface area contributed by atoms with Gasteiger partial charge < -0.3 is 20.3 Å². The number of nitrogens with zero attached hydrogens (tertiary/aromatic N) is 1. The van der Waals surface area contributed by atoms with Gasteiger partial charge in [0.05, 0.1) is 12.5 Å². The van der Waals surface area contributed by atoms with Gasteiger partial charge in [-0.3, -0.25) is 9.59 Å². The molecular weight excluding hydrogens is 370 g/mol. The van der Waals surface area contributed by atoms with E-state index in [-0.39, 0.29) is 17.8 Å². The molecule has 0 aromatic heterocycles. The standard InChI is InChI=1S/C22H31N3O4/c1-4-29-19(26)16-10-12-25(13-11-16)20(27)22(2,3)24-21(28)23-18-9-8-15-6-5-7-17(15)14-18/h8-9,14,16H,4-7,10-13H2,1-3H3,(H2,23,24,28). The molecule has 1 heterocycles. The summed E-state index contributed by atoms with van der Waals surface area (Å²) in [5.41, 5.74) is 2.32. The summed E-state index contributed by atoms with van der Waals surface area (Å²) in [6.45, 7) is 6.54. The molecule has 29 heavy (non-hydrogen) atoms. The molecule has 3 rings (SSSR count). The van der Waals surface area contributed by atoms with Gasteiger partial charge in [-0.2, -0.15) is 0 Å². The number of ether oxygens (including phenoxy) is 1. The van der Waals surface area contributed by atoms with Crippen LogP contribution in [0.2, 0.25) is 0 Å². The number of hydrogen-bond donors (Lipinski definition) is 2. The van der Waals surface area contributed by atoms with Crippen molar-refractivity contribution in [1.29, 1.82) is 0 Å². The summed E-state index contributed by atoms with van der Waals surface area (Å²) >= 11 is 0. The lowest BCUT2D eigenvalue weighted by Gasteiger charge is -2.36. The van der Waals surface area contributed by atoms with Gasteiger partial charge in [-0.1, -0.05) is 6.07 Å². The molecule has 0 atom stereocenters. The summed E-state index contributed by atoms with van der Waals surface area (Å²) in [4.78, 5) is 39.0. The third-order valence-electron chi connectivity index (χ3n) is 5.72. The number of amides is 3. The van der Waals surface area contributed by atoms with Crippen molar-refractivity contribution in [3.63, 3.8) is 0 Å². The van der Waals surface area contributed by atoms with E-state index < -0.39 is 11.6 Å². The highest BCUT2D eigenvalue weighted by Crippen LogP contribution is 2.25. The average Bonchev–Trinajstić information content (AvgIpc) is 3.15. The maximum absolute atomic E-state index is 12.9. The van der Waals surface area contributed by atoms with Crippen molar-refractivity contribution < 1.29 is 19.1 Å². The number of carbonyl (C=O) groups is 3. The molecule has 1 aliphatic carbocycles. The van der Waals surface area contributed by atoms with Crippen molar-refractivity contribution in [3.05, 3.63) is 29.3 Å². The van der Waals surface area contributed by atoms with E-state index >= 15 is 0 Å². The number of hydrogen-bond acceptors (Lipinski definition) is 4. The van der Waals surface area contributed by atoms with Crippen LogP contribution in [0.25, 0.3) is 0 Å². The van der Waals surface area contributed by atoms with Gasteiger partial charge in [-0.25, -0.2) is 4.79 Å². The first-order chi connectivity index (χ1) is 13.8. The second kappa shape index (κ2) is 8.84. The van der Waals surface area contributed by atoms with Crippen LogP contribution in [-0.2, 0) is 27.2 Å². The molecule has 7 heteroatoms. The Morgan fingerprint density at radius 2 is 1.83 bits per heavy atom. The van der Waals surface area contributed by atoms with E-state index in [0.717, 1.165) is 24.9 Å². The SMILES string of the molecule is CCOC(=O)C1CCN(C(=O)C(C)(C)NC(=O)Nc2ccc3c(c2)CCC3)CC1. The molecule has 3 amide bonds. The monoisotopic (exact) mass is 401 g/mol. The quantitative estimate of drug-likeness (QED) is 0.743. The predicted molar refractivity (Wildman–Crippen MR) is 111 cm³/mol. The van der Waals surface area contributed by atoms with Gasteiger partial charge in [0, 0.05) is 18.8 Å². The Morgan fingerprint density at radius 3 is 2.52 bits per heavy atom. The first-order valence-electron chi connectivity index (χ1n) is 10.5. The molecule has 2 aliphatic rings. The van der Waals surface area contributed by atoms with E-state index in [0.29, 0.717) is 32.5 Å². The normalized spacial score (nSPS) is 16.9. The van der Waals surface area contributed by atoms with Gasteiger partial charge in [-0.05, 0) is 76.1 Å². The first-order valence-corrected chi connectivity index (χ1v) is 10.5. The largest absolute Gasteiger partial charge is 0.466 e. The fourth-order valence-electron chi connectivity index (χ4n) is 4.12. The molecule has 158 valence electrons. The second-order valence-electron chi connectivity index (χ2n) is 8.36. The van der Waals surface area contributed by atoms with E-state index in [1.807, 2.05) is 12.1 Å². The molecule has 0 bridgehead atoms. The van der Waals surface area contributed by atoms with Crippen LogP contribution in [0.4, 0.5) is 10.5 Å². The Bertz CT molecular complexity index is 782. The zero-order valence-electron chi connectivity index (χ0n) is 17.5. The van der Waals surface area contributed by atoms with Crippen molar-refractivity contribution in [2.75, 3.05) is 25.0 Å². The summed E-state index contributed by atoms with van der Waals surface area (Å²) in [6.07, 6.45) is 4.46. The highest BCUT2D eigenvalue weighted by atomic mass is 16.5. The van der Waals surface area contributed by atoms with E-state index in [1.165, 1.54) is 11.1 Å². The van der Waals surface area contributed by atoms with E-state index in [9.17, 15) is 14.4 Å². The van der Waals surface area contributed by atoms with Crippen LogP contribution in [-0.4, -0.2) is 48.0 Å². The van der Waals surface area contributed by atoms with Crippen LogP contribution in [0.5, 0.6) is 0 Å². The topological polar surface area (TPSA) is 87.7 Å². The maximum atomic E-state index is 12.9. The van der Waals surface area contributed by atoms with Gasteiger partial charge in [0.1, 0.15) is 5.54 Å². The lowest BCUT2D eigenvalue weighted by atomic mass is 9.94. The van der Waals surface area contributed by atoms with Gasteiger partial charge in [0.25, 0.3) is 0 Å². The van der Waals surface area contributed by atoms with Crippen molar-refractivity contribution in [1.82, 2.24) is 10.2 Å². The number of esters is 1. The molecule has 7 nitrogen and oxygen atoms in total. The number of urea groups is 1. The number of rotatable bonds is 5. The zero-order valence-corrected chi connectivity index (χ0v) is 17.5. The van der Waals surface area contributed by atoms with E-state index in [2.05, 4.69) is 16.7 Å². The minimum absolute atomic E-state index is 0.149. The Balaban J connectivity index is 1.52. The van der Waals surface area contributed by atoms with Crippen molar-refractivity contribution >= 4 is 23.6 Å². The summed E-state index contributed by atoms with van der Waals surface area (Å²) in [5.74, 6) is -0.493. The third-order valence-corrected chi connectivity index (χ3v) is 5.72. The average molecular weight is 402 g/mol. The van der Waals surface area contributed by atoms with Crippen molar-refractivity contribution in [2.45, 2.75) is 58.4 Å². The Hall–Kier alpha value is -2.57. The smallest absolute Gasteiger partial charge is 0.320 e. The lowest BCUT2D eigenvalue weighted by Crippen LogP contribution is -2.58. The van der Waals surface area contributed by atoms with Crippen LogP contribution in [0.1, 0.15) is 51.2 Å². The van der Waals surface area contributed by atoms with Crippen LogP contribution in [0.15, 0.2) is 18.2 Å². The number of aryl methyl sites for hydroxylation is 2. The molecule has 1 fully saturated rings. The van der Waals surface area contributed by atoms with Crippen molar-refractivity contribution in [2.24, 2.45) is 5.92 Å². The second-order valence-corrected chi connectivity index (χ2v) is 8.36. The zero-order chi connectivity index (χ0) is 21.0. The molecule has 0 saturated carbocycles. The maximum Gasteiger partial charge on any atom is 0.320 e. The number of benzene rings is 1. The molecule has 1 saturated heterocycles. The van der Waals surface area contributed by atoms with Gasteiger partial charge in [-0.15, -0.1) is 0 Å². The Labute approximate surface area is 172 Å². The summed E-state index contributed by atoms with van der Waals surface area (Å²) in [6, 6.07) is 5.57. The summed E-state index contributed by atoms with van der Waals surface area (Å²) in [5, 5.41) is 5.63. The number of anilines is 1. The first kappa shape index (κ1) is 21.1. The number of fused-ring (bicyclic) bond motifs is 1. The molecule has 1 aromatic rings. The fraction of sp³-hybridized carbons (Fsp3) is 0.591. The lowest BCUT2D eigenvalue weighted by molar-refractivity contribution is -0.152. The van der Waals surface area contributed by atoms with Crippen LogP contribution in [0.3, 0.4) is 0 Å². The predicted octanol–water partition coefficient (Wildman–Crippen LogP) is 2.88. The molecule has 1 aromatic carbocycles. The third kappa shape index (κ3) is 5.08.